The maximum atomic E-state index is 13.2. The Bertz CT molecular complexity index is 1240. The summed E-state index contributed by atoms with van der Waals surface area (Å²) in [5.41, 5.74) is 12.2. The summed E-state index contributed by atoms with van der Waals surface area (Å²) in [6.07, 6.45) is 0.711. The number of nitrogens with one attached hydrogen (secondary N) is 4. The van der Waals surface area contributed by atoms with Crippen molar-refractivity contribution in [3.05, 3.63) is 36.0 Å². The number of amides is 4. The zero-order valence-electron chi connectivity index (χ0n) is 22.3. The van der Waals surface area contributed by atoms with Crippen LogP contribution >= 0.6 is 0 Å². The molecular formula is C26H36N6O8. The first kappa shape index (κ1) is 31.8. The number of aromatic amines is 1. The summed E-state index contributed by atoms with van der Waals surface area (Å²) in [6, 6.07) is 1.94. The van der Waals surface area contributed by atoms with Crippen molar-refractivity contribution >= 4 is 46.5 Å². The van der Waals surface area contributed by atoms with E-state index in [1.54, 1.807) is 32.2 Å². The number of carbonyl (C=O) groups is 6. The van der Waals surface area contributed by atoms with E-state index in [1.165, 1.54) is 0 Å². The predicted molar refractivity (Wildman–Crippen MR) is 144 cm³/mol. The minimum Gasteiger partial charge on any atom is -0.481 e. The van der Waals surface area contributed by atoms with Crippen molar-refractivity contribution in [2.24, 2.45) is 17.4 Å². The number of carboxylic acids is 2. The SMILES string of the molecule is CCC(C)C(NC(=O)C(N)CC(N)=O)C(=O)NC(CCC(=O)O)C(=O)NC(Cc1c[nH]c2ccccc12)C(=O)O. The molecule has 0 spiro atoms. The van der Waals surface area contributed by atoms with Gasteiger partial charge in [0, 0.05) is 29.9 Å². The molecular weight excluding hydrogens is 524 g/mol. The number of rotatable bonds is 16. The number of nitrogens with two attached hydrogens (primary N) is 2. The van der Waals surface area contributed by atoms with Crippen molar-refractivity contribution in [2.75, 3.05) is 0 Å². The Morgan fingerprint density at radius 2 is 1.60 bits per heavy atom. The Morgan fingerprint density at radius 3 is 2.20 bits per heavy atom. The number of carbonyl (C=O) groups excluding carboxylic acids is 4. The molecule has 10 N–H and O–H groups in total. The standard InChI is InChI=1S/C26H36N6O8/c1-3-13(2)22(32-23(36)16(27)11-20(28)33)25(38)30-18(8-9-21(34)35)24(37)31-19(26(39)40)10-14-12-29-17-7-5-4-6-15(14)17/h4-7,12-13,16,18-19,22,29H,3,8-11,27H2,1-2H3,(H2,28,33)(H,30,38)(H,31,37)(H,32,36)(H,34,35)(H,39,40). The minimum absolute atomic E-state index is 0.0754. The second-order valence-corrected chi connectivity index (χ2v) is 9.61. The average Bonchev–Trinajstić information content (AvgIpc) is 3.30. The summed E-state index contributed by atoms with van der Waals surface area (Å²) < 4.78 is 0. The van der Waals surface area contributed by atoms with Crippen LogP contribution in [0.15, 0.2) is 30.5 Å². The first-order chi connectivity index (χ1) is 18.8. The number of para-hydroxylation sites is 1. The Labute approximate surface area is 230 Å². The van der Waals surface area contributed by atoms with Crippen LogP contribution in [-0.2, 0) is 35.2 Å². The minimum atomic E-state index is -1.42. The van der Waals surface area contributed by atoms with Crippen LogP contribution in [0, 0.1) is 5.92 Å². The third-order valence-electron chi connectivity index (χ3n) is 6.54. The van der Waals surface area contributed by atoms with Crippen molar-refractivity contribution in [2.45, 2.75) is 70.1 Å². The van der Waals surface area contributed by atoms with E-state index >= 15 is 0 Å². The lowest BCUT2D eigenvalue weighted by Gasteiger charge is -2.27. The molecule has 14 heteroatoms. The topological polar surface area (TPSA) is 247 Å². The number of hydrogen-bond acceptors (Lipinski definition) is 7. The van der Waals surface area contributed by atoms with Gasteiger partial charge < -0.3 is 42.6 Å². The van der Waals surface area contributed by atoms with E-state index < -0.39 is 78.5 Å². The molecule has 0 bridgehead atoms. The molecule has 14 nitrogen and oxygen atoms in total. The number of primary amides is 1. The van der Waals surface area contributed by atoms with Gasteiger partial charge in [-0.25, -0.2) is 4.79 Å². The van der Waals surface area contributed by atoms with Gasteiger partial charge in [0.25, 0.3) is 0 Å². The molecule has 0 aliphatic carbocycles. The largest absolute Gasteiger partial charge is 0.481 e. The first-order valence-electron chi connectivity index (χ1n) is 12.8. The van der Waals surface area contributed by atoms with E-state index in [0.717, 1.165) is 10.9 Å². The fraction of sp³-hybridized carbons (Fsp3) is 0.462. The zero-order valence-corrected chi connectivity index (χ0v) is 22.3. The molecule has 0 fully saturated rings. The Kier molecular flexibility index (Phi) is 11.6. The molecule has 5 atom stereocenters. The van der Waals surface area contributed by atoms with Crippen LogP contribution < -0.4 is 27.4 Å². The van der Waals surface area contributed by atoms with Gasteiger partial charge in [0.15, 0.2) is 0 Å². The van der Waals surface area contributed by atoms with Gasteiger partial charge in [-0.1, -0.05) is 38.5 Å². The van der Waals surface area contributed by atoms with Crippen molar-refractivity contribution in [1.82, 2.24) is 20.9 Å². The van der Waals surface area contributed by atoms with Gasteiger partial charge in [-0.2, -0.15) is 0 Å². The lowest BCUT2D eigenvalue weighted by Crippen LogP contribution is -2.59. The van der Waals surface area contributed by atoms with Crippen LogP contribution in [0.4, 0.5) is 0 Å². The fourth-order valence-corrected chi connectivity index (χ4v) is 4.06. The third-order valence-corrected chi connectivity index (χ3v) is 6.54. The highest BCUT2D eigenvalue weighted by Crippen LogP contribution is 2.19. The molecule has 1 aromatic heterocycles. The van der Waals surface area contributed by atoms with Gasteiger partial charge in [0.05, 0.1) is 12.5 Å². The molecule has 1 heterocycles. The highest BCUT2D eigenvalue weighted by atomic mass is 16.4. The molecule has 0 aliphatic rings. The number of carboxylic acid groups (broad SMARTS) is 2. The number of benzene rings is 1. The molecule has 0 saturated heterocycles. The number of aromatic nitrogens is 1. The summed E-state index contributed by atoms with van der Waals surface area (Å²) in [5.74, 6) is -6.32. The summed E-state index contributed by atoms with van der Waals surface area (Å²) >= 11 is 0. The van der Waals surface area contributed by atoms with Gasteiger partial charge in [0.1, 0.15) is 18.1 Å². The second-order valence-electron chi connectivity index (χ2n) is 9.61. The van der Waals surface area contributed by atoms with Crippen LogP contribution in [0.2, 0.25) is 0 Å². The number of fused-ring (bicyclic) bond motifs is 1. The molecule has 0 radical (unpaired) electrons. The summed E-state index contributed by atoms with van der Waals surface area (Å²) in [4.78, 5) is 76.2. The average molecular weight is 561 g/mol. The van der Waals surface area contributed by atoms with Crippen LogP contribution in [-0.4, -0.2) is 74.9 Å². The maximum Gasteiger partial charge on any atom is 0.326 e. The molecule has 2 rings (SSSR count). The smallest absolute Gasteiger partial charge is 0.326 e. The van der Waals surface area contributed by atoms with Crippen LogP contribution in [0.3, 0.4) is 0 Å². The molecule has 5 unspecified atom stereocenters. The lowest BCUT2D eigenvalue weighted by molar-refractivity contribution is -0.143. The summed E-state index contributed by atoms with van der Waals surface area (Å²) in [6.45, 7) is 3.43. The van der Waals surface area contributed by atoms with E-state index in [2.05, 4.69) is 20.9 Å². The zero-order chi connectivity index (χ0) is 30.0. The number of aliphatic carboxylic acids is 2. The predicted octanol–water partition coefficient (Wildman–Crippen LogP) is -0.637. The number of H-pyrrole nitrogens is 1. The van der Waals surface area contributed by atoms with E-state index in [4.69, 9.17) is 16.6 Å². The molecule has 40 heavy (non-hydrogen) atoms. The second kappa shape index (κ2) is 14.6. The molecule has 2 aromatic rings. The van der Waals surface area contributed by atoms with Gasteiger partial charge in [-0.3, -0.25) is 24.0 Å². The summed E-state index contributed by atoms with van der Waals surface area (Å²) in [7, 11) is 0. The van der Waals surface area contributed by atoms with Crippen LogP contribution in [0.1, 0.15) is 45.1 Å². The number of hydrogen-bond donors (Lipinski definition) is 8. The molecule has 218 valence electrons. The first-order valence-corrected chi connectivity index (χ1v) is 12.8. The lowest BCUT2D eigenvalue weighted by atomic mass is 9.97. The highest BCUT2D eigenvalue weighted by molar-refractivity contribution is 5.95. The van der Waals surface area contributed by atoms with E-state index in [-0.39, 0.29) is 12.8 Å². The highest BCUT2D eigenvalue weighted by Gasteiger charge is 2.33. The van der Waals surface area contributed by atoms with E-state index in [0.29, 0.717) is 12.0 Å². The van der Waals surface area contributed by atoms with Crippen LogP contribution in [0.25, 0.3) is 10.9 Å². The quantitative estimate of drug-likeness (QED) is 0.130. The van der Waals surface area contributed by atoms with Gasteiger partial charge >= 0.3 is 11.9 Å². The van der Waals surface area contributed by atoms with E-state index in [9.17, 15) is 33.9 Å². The maximum absolute atomic E-state index is 13.2. The molecule has 0 saturated carbocycles. The Hall–Kier alpha value is -4.46. The Morgan fingerprint density at radius 1 is 0.950 bits per heavy atom. The van der Waals surface area contributed by atoms with E-state index in [1.807, 2.05) is 12.1 Å². The van der Waals surface area contributed by atoms with Crippen molar-refractivity contribution in [1.29, 1.82) is 0 Å². The van der Waals surface area contributed by atoms with Crippen molar-refractivity contribution in [3.8, 4) is 0 Å². The van der Waals surface area contributed by atoms with Gasteiger partial charge in [-0.15, -0.1) is 0 Å². The fourth-order valence-electron chi connectivity index (χ4n) is 4.06. The van der Waals surface area contributed by atoms with Gasteiger partial charge in [-0.05, 0) is 24.0 Å². The molecule has 4 amide bonds. The van der Waals surface area contributed by atoms with Crippen LogP contribution in [0.5, 0.6) is 0 Å². The van der Waals surface area contributed by atoms with Crippen molar-refractivity contribution in [3.63, 3.8) is 0 Å². The third kappa shape index (κ3) is 9.08. The molecule has 1 aromatic carbocycles. The summed E-state index contributed by atoms with van der Waals surface area (Å²) in [5, 5.41) is 27.0. The Balaban J connectivity index is 2.22. The molecule has 0 aliphatic heterocycles. The van der Waals surface area contributed by atoms with Crippen molar-refractivity contribution < 1.29 is 39.0 Å². The van der Waals surface area contributed by atoms with Gasteiger partial charge in [0.2, 0.25) is 23.6 Å². The monoisotopic (exact) mass is 560 g/mol. The normalized spacial score (nSPS) is 14.8.